The van der Waals surface area contributed by atoms with E-state index < -0.39 is 0 Å². The van der Waals surface area contributed by atoms with E-state index in [9.17, 15) is 0 Å². The molecule has 0 unspecified atom stereocenters. The monoisotopic (exact) mass is 426 g/mol. The molecule has 0 saturated carbocycles. The van der Waals surface area contributed by atoms with Gasteiger partial charge in [0.05, 0.1) is 11.4 Å². The molecule has 0 spiro atoms. The summed E-state index contributed by atoms with van der Waals surface area (Å²) in [7, 11) is 0. The van der Waals surface area contributed by atoms with Crippen LogP contribution >= 0.6 is 24.4 Å². The second-order valence-corrected chi connectivity index (χ2v) is 8.04. The third-order valence-electron chi connectivity index (χ3n) is 5.00. The van der Waals surface area contributed by atoms with Gasteiger partial charge in [0.1, 0.15) is 0 Å². The highest BCUT2D eigenvalue weighted by atomic mass is 32.1. The van der Waals surface area contributed by atoms with Crippen molar-refractivity contribution in [3.8, 4) is 0 Å². The molecule has 2 heterocycles. The Balaban J connectivity index is 1.58. The maximum atomic E-state index is 5.26. The summed E-state index contributed by atoms with van der Waals surface area (Å²) < 4.78 is 0. The van der Waals surface area contributed by atoms with Crippen LogP contribution in [0.3, 0.4) is 0 Å². The molecule has 0 amide bonds. The van der Waals surface area contributed by atoms with Crippen LogP contribution < -0.4 is 21.5 Å². The molecule has 28 heavy (non-hydrogen) atoms. The molecule has 0 aromatic rings. The number of likely N-dealkylation sites (tertiary alicyclic amines) is 2. The van der Waals surface area contributed by atoms with Crippen LogP contribution in [0.5, 0.6) is 0 Å². The van der Waals surface area contributed by atoms with Crippen molar-refractivity contribution < 1.29 is 0 Å². The van der Waals surface area contributed by atoms with Gasteiger partial charge in [-0.25, -0.2) is 0 Å². The highest BCUT2D eigenvalue weighted by molar-refractivity contribution is 7.80. The second kappa shape index (κ2) is 13.0. The molecule has 10 heteroatoms. The Morgan fingerprint density at radius 3 is 1.43 bits per heavy atom. The number of nitrogens with zero attached hydrogens (tertiary/aromatic N) is 4. The highest BCUT2D eigenvalue weighted by Gasteiger charge is 2.11. The summed E-state index contributed by atoms with van der Waals surface area (Å²) in [5, 5.41) is 16.0. The molecule has 8 nitrogen and oxygen atoms in total. The fourth-order valence-electron chi connectivity index (χ4n) is 3.18. The number of thiocarbonyl (C=S) groups is 2. The van der Waals surface area contributed by atoms with Crippen molar-refractivity contribution in [2.75, 3.05) is 52.4 Å². The van der Waals surface area contributed by atoms with Crippen LogP contribution in [0.15, 0.2) is 10.2 Å². The van der Waals surface area contributed by atoms with Crippen LogP contribution in [-0.4, -0.2) is 83.8 Å². The van der Waals surface area contributed by atoms with Crippen molar-refractivity contribution in [1.82, 2.24) is 31.3 Å². The topological polar surface area (TPSA) is 79.3 Å². The van der Waals surface area contributed by atoms with E-state index in [1.807, 2.05) is 13.8 Å². The van der Waals surface area contributed by atoms with Gasteiger partial charge in [-0.3, -0.25) is 10.9 Å². The summed E-state index contributed by atoms with van der Waals surface area (Å²) in [4.78, 5) is 4.88. The van der Waals surface area contributed by atoms with Crippen LogP contribution in [0.25, 0.3) is 0 Å². The molecular weight excluding hydrogens is 392 g/mol. The molecule has 158 valence electrons. The second-order valence-electron chi connectivity index (χ2n) is 7.23. The van der Waals surface area contributed by atoms with Gasteiger partial charge in [-0.15, -0.1) is 0 Å². The van der Waals surface area contributed by atoms with Gasteiger partial charge in [0.25, 0.3) is 0 Å². The predicted octanol–water partition coefficient (Wildman–Crippen LogP) is 0.858. The van der Waals surface area contributed by atoms with Crippen LogP contribution in [0.4, 0.5) is 0 Å². The van der Waals surface area contributed by atoms with Gasteiger partial charge in [-0.2, -0.15) is 10.2 Å². The molecule has 4 N–H and O–H groups in total. The van der Waals surface area contributed by atoms with Crippen LogP contribution in [-0.2, 0) is 0 Å². The van der Waals surface area contributed by atoms with Crippen molar-refractivity contribution in [1.29, 1.82) is 0 Å². The first-order valence-electron chi connectivity index (χ1n) is 10.2. The first-order valence-corrected chi connectivity index (χ1v) is 11.0. The van der Waals surface area contributed by atoms with Crippen LogP contribution in [0.1, 0.15) is 39.5 Å². The third kappa shape index (κ3) is 9.22. The Bertz CT molecular complexity index is 516. The first kappa shape index (κ1) is 22.9. The maximum Gasteiger partial charge on any atom is 0.187 e. The Hall–Kier alpha value is -1.36. The zero-order chi connectivity index (χ0) is 20.2. The Labute approximate surface area is 179 Å². The molecular formula is C18H34N8S2. The molecule has 2 aliphatic rings. The van der Waals surface area contributed by atoms with E-state index in [2.05, 4.69) is 41.5 Å². The Kier molecular flexibility index (Phi) is 10.6. The number of nitrogens with one attached hydrogen (secondary N) is 4. The molecule has 0 aromatic heterocycles. The molecule has 2 saturated heterocycles. The van der Waals surface area contributed by atoms with E-state index in [-0.39, 0.29) is 0 Å². The van der Waals surface area contributed by atoms with Crippen molar-refractivity contribution in [3.05, 3.63) is 0 Å². The maximum absolute atomic E-state index is 5.26. The summed E-state index contributed by atoms with van der Waals surface area (Å²) in [6.45, 7) is 12.2. The Morgan fingerprint density at radius 2 is 1.07 bits per heavy atom. The lowest BCUT2D eigenvalue weighted by Crippen LogP contribution is -2.39. The molecule has 0 bridgehead atoms. The lowest BCUT2D eigenvalue weighted by Gasteiger charge is -2.15. The minimum Gasteiger partial charge on any atom is -0.360 e. The molecule has 2 fully saturated rings. The lowest BCUT2D eigenvalue weighted by molar-refractivity contribution is 0.343. The third-order valence-corrected chi connectivity index (χ3v) is 5.47. The molecule has 0 aromatic carbocycles. The fraction of sp³-hybridized carbons (Fsp3) is 0.778. The average molecular weight is 427 g/mol. The van der Waals surface area contributed by atoms with Gasteiger partial charge < -0.3 is 20.4 Å². The zero-order valence-corrected chi connectivity index (χ0v) is 18.7. The van der Waals surface area contributed by atoms with Gasteiger partial charge in [-0.1, -0.05) is 0 Å². The smallest absolute Gasteiger partial charge is 0.187 e. The minimum atomic E-state index is 0.526. The zero-order valence-electron chi connectivity index (χ0n) is 17.1. The first-order chi connectivity index (χ1) is 13.5. The van der Waals surface area contributed by atoms with E-state index >= 15 is 0 Å². The molecule has 0 radical (unpaired) electrons. The molecule has 0 aliphatic carbocycles. The quantitative estimate of drug-likeness (QED) is 0.246. The highest BCUT2D eigenvalue weighted by Crippen LogP contribution is 2.06. The number of hydrogen-bond donors (Lipinski definition) is 4. The van der Waals surface area contributed by atoms with Gasteiger partial charge in [0.15, 0.2) is 10.2 Å². The number of rotatable bonds is 9. The van der Waals surface area contributed by atoms with Crippen molar-refractivity contribution in [2.45, 2.75) is 39.5 Å². The summed E-state index contributed by atoms with van der Waals surface area (Å²) in [5.41, 5.74) is 7.23. The summed E-state index contributed by atoms with van der Waals surface area (Å²) in [6, 6.07) is 0. The van der Waals surface area contributed by atoms with E-state index in [0.717, 1.165) is 37.6 Å². The van der Waals surface area contributed by atoms with E-state index in [4.69, 9.17) is 24.4 Å². The van der Waals surface area contributed by atoms with Crippen LogP contribution in [0.2, 0.25) is 0 Å². The molecule has 2 aliphatic heterocycles. The van der Waals surface area contributed by atoms with Gasteiger partial charge in [0, 0.05) is 26.2 Å². The minimum absolute atomic E-state index is 0.526. The largest absolute Gasteiger partial charge is 0.360 e. The van der Waals surface area contributed by atoms with Gasteiger partial charge in [-0.05, 0) is 90.1 Å². The SMILES string of the molecule is CC(=NNC(=S)NCCN1CCCC1)C(C)=NNC(=S)NCCN1CCCC1. The molecule has 2 rings (SSSR count). The summed E-state index contributed by atoms with van der Waals surface area (Å²) >= 11 is 10.5. The van der Waals surface area contributed by atoms with E-state index in [0.29, 0.717) is 10.2 Å². The summed E-state index contributed by atoms with van der Waals surface area (Å²) in [6.07, 6.45) is 5.21. The lowest BCUT2D eigenvalue weighted by atomic mass is 10.3. The van der Waals surface area contributed by atoms with E-state index in [1.54, 1.807) is 0 Å². The standard InChI is InChI=1S/C18H34N8S2/c1-15(21-23-17(27)19-7-13-25-9-3-4-10-25)16(2)22-24-18(28)20-8-14-26-11-5-6-12-26/h3-14H2,1-2H3,(H2,19,23,27)(H2,20,24,28). The Morgan fingerprint density at radius 1 is 0.714 bits per heavy atom. The van der Waals surface area contributed by atoms with Crippen molar-refractivity contribution in [3.63, 3.8) is 0 Å². The number of hydrazone groups is 2. The fourth-order valence-corrected chi connectivity index (χ4v) is 3.47. The predicted molar refractivity (Wildman–Crippen MR) is 125 cm³/mol. The summed E-state index contributed by atoms with van der Waals surface area (Å²) in [5.74, 6) is 0. The van der Waals surface area contributed by atoms with Crippen molar-refractivity contribution >= 4 is 46.1 Å². The number of hydrogen-bond acceptors (Lipinski definition) is 6. The normalized spacial score (nSPS) is 18.9. The average Bonchev–Trinajstić information content (AvgIpc) is 3.38. The van der Waals surface area contributed by atoms with Gasteiger partial charge in [0.2, 0.25) is 0 Å². The molecule has 0 atom stereocenters. The van der Waals surface area contributed by atoms with Crippen molar-refractivity contribution in [2.24, 2.45) is 10.2 Å². The van der Waals surface area contributed by atoms with E-state index in [1.165, 1.54) is 51.9 Å². The van der Waals surface area contributed by atoms with Gasteiger partial charge >= 0.3 is 0 Å². The van der Waals surface area contributed by atoms with Crippen LogP contribution in [0, 0.1) is 0 Å².